The summed E-state index contributed by atoms with van der Waals surface area (Å²) in [4.78, 5) is 11.7. The highest BCUT2D eigenvalue weighted by Gasteiger charge is 2.26. The Labute approximate surface area is 97.6 Å². The van der Waals surface area contributed by atoms with Gasteiger partial charge in [-0.3, -0.25) is 4.79 Å². The lowest BCUT2D eigenvalue weighted by Crippen LogP contribution is -2.51. The van der Waals surface area contributed by atoms with E-state index < -0.39 is 12.1 Å². The van der Waals surface area contributed by atoms with E-state index in [-0.39, 0.29) is 11.9 Å². The molecule has 0 aromatic rings. The maximum Gasteiger partial charge on any atom is 0.237 e. The number of aliphatic hydroxyl groups is 1. The maximum absolute atomic E-state index is 11.7. The number of hydrogen-bond acceptors (Lipinski definition) is 3. The van der Waals surface area contributed by atoms with Gasteiger partial charge in [0.1, 0.15) is 0 Å². The van der Waals surface area contributed by atoms with Crippen LogP contribution in [0.3, 0.4) is 0 Å². The van der Waals surface area contributed by atoms with Gasteiger partial charge in [-0.2, -0.15) is 0 Å². The largest absolute Gasteiger partial charge is 0.391 e. The van der Waals surface area contributed by atoms with Crippen LogP contribution < -0.4 is 11.1 Å². The maximum atomic E-state index is 11.7. The van der Waals surface area contributed by atoms with Gasteiger partial charge in [-0.15, -0.1) is 0 Å². The number of amides is 1. The molecular formula is C12H24N2O2. The predicted octanol–water partition coefficient (Wildman–Crippen LogP) is 0.779. The molecule has 0 aliphatic heterocycles. The molecule has 1 aliphatic carbocycles. The van der Waals surface area contributed by atoms with Crippen LogP contribution in [0.15, 0.2) is 0 Å². The van der Waals surface area contributed by atoms with Crippen molar-refractivity contribution in [2.24, 2.45) is 11.7 Å². The molecule has 0 heterocycles. The minimum absolute atomic E-state index is 0.0977. The zero-order chi connectivity index (χ0) is 12.1. The quantitative estimate of drug-likeness (QED) is 0.665. The number of carbonyl (C=O) groups excluding carboxylic acids is 1. The van der Waals surface area contributed by atoms with Crippen molar-refractivity contribution >= 4 is 5.91 Å². The molecule has 4 heteroatoms. The predicted molar refractivity (Wildman–Crippen MR) is 63.8 cm³/mol. The standard InChI is InChI=1S/C12H24N2O2/c1-8(2)7-9(13)12(16)14-10-5-3-4-6-11(10)15/h8-11,15H,3-7,13H2,1-2H3,(H,14,16)/t9-,10-,11-/m1/s1. The van der Waals surface area contributed by atoms with Crippen molar-refractivity contribution in [3.63, 3.8) is 0 Å². The number of aliphatic hydroxyl groups excluding tert-OH is 1. The van der Waals surface area contributed by atoms with E-state index in [1.165, 1.54) is 0 Å². The van der Waals surface area contributed by atoms with Crippen molar-refractivity contribution in [2.75, 3.05) is 0 Å². The molecule has 3 atom stereocenters. The van der Waals surface area contributed by atoms with E-state index in [0.717, 1.165) is 25.7 Å². The fraction of sp³-hybridized carbons (Fsp3) is 0.917. The Hall–Kier alpha value is -0.610. The summed E-state index contributed by atoms with van der Waals surface area (Å²) in [6, 6.07) is -0.548. The zero-order valence-corrected chi connectivity index (χ0v) is 10.3. The molecule has 0 saturated heterocycles. The Morgan fingerprint density at radius 1 is 1.44 bits per heavy atom. The SMILES string of the molecule is CC(C)C[C@@H](N)C(=O)N[C@@H]1CCCC[C@H]1O. The second-order valence-electron chi connectivity index (χ2n) is 5.20. The highest BCUT2D eigenvalue weighted by atomic mass is 16.3. The summed E-state index contributed by atoms with van der Waals surface area (Å²) in [5.74, 6) is 0.289. The Bertz CT molecular complexity index is 231. The molecule has 94 valence electrons. The lowest BCUT2D eigenvalue weighted by molar-refractivity contribution is -0.124. The van der Waals surface area contributed by atoms with E-state index in [4.69, 9.17) is 5.73 Å². The third-order valence-electron chi connectivity index (χ3n) is 3.12. The van der Waals surface area contributed by atoms with Gasteiger partial charge in [-0.25, -0.2) is 0 Å². The van der Waals surface area contributed by atoms with Gasteiger partial charge in [0.2, 0.25) is 5.91 Å². The lowest BCUT2D eigenvalue weighted by atomic mass is 9.92. The third-order valence-corrected chi connectivity index (χ3v) is 3.12. The van der Waals surface area contributed by atoms with E-state index in [0.29, 0.717) is 12.3 Å². The molecule has 0 aromatic carbocycles. The highest BCUT2D eigenvalue weighted by Crippen LogP contribution is 2.18. The summed E-state index contributed by atoms with van der Waals surface area (Å²) in [5, 5.41) is 12.6. The van der Waals surface area contributed by atoms with Gasteiger partial charge in [0.05, 0.1) is 18.2 Å². The number of nitrogens with two attached hydrogens (primary N) is 1. The number of nitrogens with one attached hydrogen (secondary N) is 1. The van der Waals surface area contributed by atoms with Crippen molar-refractivity contribution in [3.05, 3.63) is 0 Å². The van der Waals surface area contributed by atoms with E-state index >= 15 is 0 Å². The lowest BCUT2D eigenvalue weighted by Gasteiger charge is -2.29. The Kier molecular flexibility index (Phi) is 5.22. The van der Waals surface area contributed by atoms with Crippen molar-refractivity contribution in [1.29, 1.82) is 0 Å². The summed E-state index contributed by atoms with van der Waals surface area (Å²) in [6.07, 6.45) is 4.05. The van der Waals surface area contributed by atoms with E-state index in [1.807, 2.05) is 13.8 Å². The smallest absolute Gasteiger partial charge is 0.237 e. The first-order valence-corrected chi connectivity index (χ1v) is 6.24. The van der Waals surface area contributed by atoms with Gasteiger partial charge in [0.25, 0.3) is 0 Å². The Morgan fingerprint density at radius 3 is 2.62 bits per heavy atom. The molecule has 0 bridgehead atoms. The second-order valence-corrected chi connectivity index (χ2v) is 5.20. The highest BCUT2D eigenvalue weighted by molar-refractivity contribution is 5.81. The van der Waals surface area contributed by atoms with Gasteiger partial charge < -0.3 is 16.2 Å². The van der Waals surface area contributed by atoms with Crippen LogP contribution in [0.1, 0.15) is 46.0 Å². The first kappa shape index (κ1) is 13.5. The van der Waals surface area contributed by atoms with Crippen LogP contribution in [0.25, 0.3) is 0 Å². The molecule has 1 saturated carbocycles. The fourth-order valence-corrected chi connectivity index (χ4v) is 2.18. The molecule has 1 fully saturated rings. The minimum Gasteiger partial charge on any atom is -0.391 e. The molecule has 4 nitrogen and oxygen atoms in total. The molecular weight excluding hydrogens is 204 g/mol. The minimum atomic E-state index is -0.450. The summed E-state index contributed by atoms with van der Waals surface area (Å²) >= 11 is 0. The van der Waals surface area contributed by atoms with Crippen molar-refractivity contribution in [1.82, 2.24) is 5.32 Å². The normalized spacial score (nSPS) is 27.8. The van der Waals surface area contributed by atoms with Crippen LogP contribution in [0.5, 0.6) is 0 Å². The molecule has 1 amide bonds. The van der Waals surface area contributed by atoms with Gasteiger partial charge in [-0.1, -0.05) is 26.7 Å². The topological polar surface area (TPSA) is 75.4 Å². The summed E-state index contributed by atoms with van der Waals surface area (Å²) in [6.45, 7) is 4.09. The van der Waals surface area contributed by atoms with Crippen molar-refractivity contribution in [3.8, 4) is 0 Å². The van der Waals surface area contributed by atoms with E-state index in [9.17, 15) is 9.90 Å². The Morgan fingerprint density at radius 2 is 2.06 bits per heavy atom. The van der Waals surface area contributed by atoms with Crippen LogP contribution in [0, 0.1) is 5.92 Å². The van der Waals surface area contributed by atoms with E-state index in [1.54, 1.807) is 0 Å². The monoisotopic (exact) mass is 228 g/mol. The van der Waals surface area contributed by atoms with E-state index in [2.05, 4.69) is 5.32 Å². The molecule has 1 aliphatic rings. The van der Waals surface area contributed by atoms with Crippen LogP contribution in [-0.2, 0) is 4.79 Å². The Balaban J connectivity index is 2.37. The number of rotatable bonds is 4. The molecule has 0 spiro atoms. The van der Waals surface area contributed by atoms with Crippen molar-refractivity contribution < 1.29 is 9.90 Å². The van der Waals surface area contributed by atoms with Crippen LogP contribution in [0.2, 0.25) is 0 Å². The number of hydrogen-bond donors (Lipinski definition) is 3. The summed E-state index contributed by atoms with van der Waals surface area (Å²) in [5.41, 5.74) is 5.79. The molecule has 0 aromatic heterocycles. The first-order valence-electron chi connectivity index (χ1n) is 6.24. The molecule has 4 N–H and O–H groups in total. The fourth-order valence-electron chi connectivity index (χ4n) is 2.18. The zero-order valence-electron chi connectivity index (χ0n) is 10.3. The number of carbonyl (C=O) groups is 1. The molecule has 1 rings (SSSR count). The average molecular weight is 228 g/mol. The molecule has 16 heavy (non-hydrogen) atoms. The molecule has 0 unspecified atom stereocenters. The second kappa shape index (κ2) is 6.21. The third kappa shape index (κ3) is 4.10. The summed E-state index contributed by atoms with van der Waals surface area (Å²) in [7, 11) is 0. The summed E-state index contributed by atoms with van der Waals surface area (Å²) < 4.78 is 0. The van der Waals surface area contributed by atoms with Crippen LogP contribution >= 0.6 is 0 Å². The van der Waals surface area contributed by atoms with Gasteiger partial charge in [0.15, 0.2) is 0 Å². The van der Waals surface area contributed by atoms with Gasteiger partial charge in [0, 0.05) is 0 Å². The van der Waals surface area contributed by atoms with Gasteiger partial charge >= 0.3 is 0 Å². The van der Waals surface area contributed by atoms with Crippen molar-refractivity contribution in [2.45, 2.75) is 64.1 Å². The van der Waals surface area contributed by atoms with Gasteiger partial charge in [-0.05, 0) is 25.2 Å². The first-order chi connectivity index (χ1) is 7.50. The van der Waals surface area contributed by atoms with Crippen LogP contribution in [-0.4, -0.2) is 29.2 Å². The average Bonchev–Trinajstić information content (AvgIpc) is 2.20. The van der Waals surface area contributed by atoms with Crippen LogP contribution in [0.4, 0.5) is 0 Å². The molecule has 0 radical (unpaired) electrons.